The summed E-state index contributed by atoms with van der Waals surface area (Å²) in [4.78, 5) is 18.9. The van der Waals surface area contributed by atoms with E-state index in [2.05, 4.69) is 16.3 Å². The Labute approximate surface area is 205 Å². The highest BCUT2D eigenvalue weighted by molar-refractivity contribution is 7.98. The third-order valence-corrected chi connectivity index (χ3v) is 7.53. The van der Waals surface area contributed by atoms with Crippen LogP contribution in [0, 0.1) is 19.7 Å². The minimum Gasteiger partial charge on any atom is -0.299 e. The van der Waals surface area contributed by atoms with Crippen LogP contribution < -0.4 is 4.90 Å². The van der Waals surface area contributed by atoms with Crippen molar-refractivity contribution in [3.8, 4) is 11.4 Å². The average Bonchev–Trinajstić information content (AvgIpc) is 3.38. The molecule has 2 aromatic heterocycles. The molecule has 0 aliphatic heterocycles. The molecule has 1 amide bonds. The summed E-state index contributed by atoms with van der Waals surface area (Å²) in [6, 6.07) is 13.0. The maximum absolute atomic E-state index is 14.4. The summed E-state index contributed by atoms with van der Waals surface area (Å²) in [5.74, 6) is 0.772. The first-order valence-corrected chi connectivity index (χ1v) is 12.9. The van der Waals surface area contributed by atoms with Gasteiger partial charge in [0.15, 0.2) is 16.1 Å². The monoisotopic (exact) mass is 493 g/mol. The lowest BCUT2D eigenvalue weighted by atomic mass is 10.1. The quantitative estimate of drug-likeness (QED) is 0.276. The first kappa shape index (κ1) is 22.7. The van der Waals surface area contributed by atoms with Crippen molar-refractivity contribution >= 4 is 39.8 Å². The van der Waals surface area contributed by atoms with E-state index in [0.717, 1.165) is 40.5 Å². The highest BCUT2D eigenvalue weighted by atomic mass is 32.2. The zero-order valence-electron chi connectivity index (χ0n) is 19.2. The van der Waals surface area contributed by atoms with Crippen LogP contribution in [0.3, 0.4) is 0 Å². The molecule has 1 aliphatic rings. The first-order valence-electron chi connectivity index (χ1n) is 11.1. The van der Waals surface area contributed by atoms with Crippen LogP contribution in [0.2, 0.25) is 0 Å². The number of rotatable bonds is 7. The van der Waals surface area contributed by atoms with Crippen LogP contribution in [0.1, 0.15) is 42.6 Å². The van der Waals surface area contributed by atoms with Crippen LogP contribution in [0.4, 0.5) is 15.2 Å². The van der Waals surface area contributed by atoms with Crippen LogP contribution in [-0.2, 0) is 10.5 Å². The zero-order valence-corrected chi connectivity index (χ0v) is 20.8. The van der Waals surface area contributed by atoms with Crippen LogP contribution in [-0.4, -0.2) is 25.7 Å². The van der Waals surface area contributed by atoms with Gasteiger partial charge in [-0.05, 0) is 50.5 Å². The van der Waals surface area contributed by atoms with Crippen molar-refractivity contribution in [3.05, 3.63) is 70.5 Å². The van der Waals surface area contributed by atoms with Gasteiger partial charge in [0.05, 0.1) is 16.9 Å². The van der Waals surface area contributed by atoms with Gasteiger partial charge < -0.3 is 0 Å². The van der Waals surface area contributed by atoms with Gasteiger partial charge in [0.1, 0.15) is 5.82 Å². The number of carbonyl (C=O) groups excluding carboxylic acids is 1. The fraction of sp³-hybridized carbons (Fsp3) is 0.280. The van der Waals surface area contributed by atoms with Crippen molar-refractivity contribution in [2.24, 2.45) is 0 Å². The van der Waals surface area contributed by atoms with Crippen LogP contribution in [0.15, 0.2) is 53.0 Å². The van der Waals surface area contributed by atoms with Crippen molar-refractivity contribution in [2.75, 3.05) is 4.90 Å². The van der Waals surface area contributed by atoms with Gasteiger partial charge in [-0.25, -0.2) is 9.37 Å². The number of hydrogen-bond acceptors (Lipinski definition) is 6. The Kier molecular flexibility index (Phi) is 6.22. The van der Waals surface area contributed by atoms with Gasteiger partial charge in [-0.15, -0.1) is 21.5 Å². The van der Waals surface area contributed by atoms with Gasteiger partial charge in [0, 0.05) is 24.1 Å². The van der Waals surface area contributed by atoms with E-state index in [1.807, 2.05) is 42.0 Å². The molecular weight excluding hydrogens is 469 g/mol. The summed E-state index contributed by atoms with van der Waals surface area (Å²) >= 11 is 2.98. The Bertz CT molecular complexity index is 1360. The highest BCUT2D eigenvalue weighted by Gasteiger charge is 2.31. The molecule has 0 bridgehead atoms. The Morgan fingerprint density at radius 3 is 2.71 bits per heavy atom. The lowest BCUT2D eigenvalue weighted by molar-refractivity contribution is -0.115. The van der Waals surface area contributed by atoms with Gasteiger partial charge in [-0.2, -0.15) is 0 Å². The molecule has 1 saturated carbocycles. The molecule has 0 saturated heterocycles. The Balaban J connectivity index is 1.38. The second kappa shape index (κ2) is 9.31. The number of anilines is 2. The van der Waals surface area contributed by atoms with Gasteiger partial charge in [0.2, 0.25) is 5.91 Å². The molecule has 174 valence electrons. The van der Waals surface area contributed by atoms with E-state index in [1.54, 1.807) is 24.0 Å². The summed E-state index contributed by atoms with van der Waals surface area (Å²) in [6.07, 6.45) is 2.08. The summed E-state index contributed by atoms with van der Waals surface area (Å²) in [5.41, 5.74) is 4.35. The number of amides is 1. The molecule has 2 heterocycles. The molecule has 1 aliphatic carbocycles. The van der Waals surface area contributed by atoms with E-state index in [4.69, 9.17) is 4.98 Å². The highest BCUT2D eigenvalue weighted by Crippen LogP contribution is 2.42. The number of aryl methyl sites for hydroxylation is 2. The van der Waals surface area contributed by atoms with E-state index < -0.39 is 0 Å². The molecule has 0 unspecified atom stereocenters. The molecule has 1 fully saturated rings. The lowest BCUT2D eigenvalue weighted by Crippen LogP contribution is -2.23. The average molecular weight is 494 g/mol. The largest absolute Gasteiger partial charge is 0.299 e. The van der Waals surface area contributed by atoms with Gasteiger partial charge in [-0.1, -0.05) is 41.6 Å². The number of halogens is 1. The van der Waals surface area contributed by atoms with Crippen LogP contribution >= 0.6 is 23.1 Å². The summed E-state index contributed by atoms with van der Waals surface area (Å²) in [7, 11) is 0. The van der Waals surface area contributed by atoms with Crippen molar-refractivity contribution in [3.63, 3.8) is 0 Å². The molecule has 0 radical (unpaired) electrons. The standard InChI is InChI=1S/C25H24FN5OS2/c1-15-8-11-22(16(2)12-15)30(17(3)32)24-27-18(13-33-24)14-34-25-29-28-23(31(25)19-9-10-19)20-6-4-5-7-21(20)26/h4-8,11-13,19H,9-10,14H2,1-3H3. The second-order valence-electron chi connectivity index (χ2n) is 8.44. The van der Waals surface area contributed by atoms with Crippen LogP contribution in [0.25, 0.3) is 11.4 Å². The maximum Gasteiger partial charge on any atom is 0.230 e. The molecule has 0 atom stereocenters. The number of carbonyl (C=O) groups is 1. The number of nitrogens with zero attached hydrogens (tertiary/aromatic N) is 5. The van der Waals surface area contributed by atoms with Gasteiger partial charge in [0.25, 0.3) is 0 Å². The maximum atomic E-state index is 14.4. The van der Waals surface area contributed by atoms with Crippen molar-refractivity contribution in [1.82, 2.24) is 19.7 Å². The summed E-state index contributed by atoms with van der Waals surface area (Å²) < 4.78 is 16.5. The van der Waals surface area contributed by atoms with E-state index >= 15 is 0 Å². The van der Waals surface area contributed by atoms with Crippen molar-refractivity contribution < 1.29 is 9.18 Å². The molecule has 5 rings (SSSR count). The molecule has 6 nitrogen and oxygen atoms in total. The molecule has 0 N–H and O–H groups in total. The topological polar surface area (TPSA) is 63.9 Å². The molecule has 0 spiro atoms. The summed E-state index contributed by atoms with van der Waals surface area (Å²) in [6.45, 7) is 5.59. The minimum atomic E-state index is -0.298. The number of thiazole rings is 1. The van der Waals surface area contributed by atoms with E-state index in [9.17, 15) is 9.18 Å². The van der Waals surface area contributed by atoms with E-state index in [1.165, 1.54) is 29.2 Å². The minimum absolute atomic E-state index is 0.0801. The Morgan fingerprint density at radius 1 is 1.21 bits per heavy atom. The number of hydrogen-bond donors (Lipinski definition) is 0. The van der Waals surface area contributed by atoms with E-state index in [-0.39, 0.29) is 11.7 Å². The van der Waals surface area contributed by atoms with Gasteiger partial charge in [-0.3, -0.25) is 14.3 Å². The molecule has 34 heavy (non-hydrogen) atoms. The third-order valence-electron chi connectivity index (χ3n) is 5.68. The molecular formula is C25H24FN5OS2. The number of thioether (sulfide) groups is 1. The summed E-state index contributed by atoms with van der Waals surface area (Å²) in [5, 5.41) is 12.1. The predicted molar refractivity (Wildman–Crippen MR) is 134 cm³/mol. The lowest BCUT2D eigenvalue weighted by Gasteiger charge is -2.20. The zero-order chi connectivity index (χ0) is 23.8. The van der Waals surface area contributed by atoms with E-state index in [0.29, 0.717) is 28.3 Å². The number of benzene rings is 2. The fourth-order valence-electron chi connectivity index (χ4n) is 3.93. The number of aromatic nitrogens is 4. The van der Waals surface area contributed by atoms with Crippen molar-refractivity contribution in [2.45, 2.75) is 50.6 Å². The first-order chi connectivity index (χ1) is 16.4. The SMILES string of the molecule is CC(=O)N(c1nc(CSc2nnc(-c3ccccc3F)n2C2CC2)cs1)c1ccc(C)cc1C. The normalized spacial score (nSPS) is 13.3. The van der Waals surface area contributed by atoms with Crippen molar-refractivity contribution in [1.29, 1.82) is 0 Å². The third kappa shape index (κ3) is 4.50. The Morgan fingerprint density at radius 2 is 2.00 bits per heavy atom. The van der Waals surface area contributed by atoms with Crippen LogP contribution in [0.5, 0.6) is 0 Å². The molecule has 4 aromatic rings. The second-order valence-corrected chi connectivity index (χ2v) is 10.2. The predicted octanol–water partition coefficient (Wildman–Crippen LogP) is 6.47. The smallest absolute Gasteiger partial charge is 0.230 e. The molecule has 9 heteroatoms. The molecule has 2 aromatic carbocycles. The van der Waals surface area contributed by atoms with Gasteiger partial charge >= 0.3 is 0 Å². The fourth-order valence-corrected chi connectivity index (χ4v) is 5.81. The Hall–Kier alpha value is -3.04.